The first-order chi connectivity index (χ1) is 15.1. The van der Waals surface area contributed by atoms with Crippen molar-refractivity contribution in [3.05, 3.63) is 60.4 Å². The maximum Gasteiger partial charge on any atom is 0.246 e. The molecule has 0 spiro atoms. The van der Waals surface area contributed by atoms with Crippen LogP contribution >= 0.6 is 0 Å². The van der Waals surface area contributed by atoms with Crippen LogP contribution in [0.4, 0.5) is 17.3 Å². The van der Waals surface area contributed by atoms with Gasteiger partial charge >= 0.3 is 0 Å². The van der Waals surface area contributed by atoms with Crippen LogP contribution in [0.2, 0.25) is 0 Å². The number of nitrogens with zero attached hydrogens (tertiary/aromatic N) is 5. The number of nitrogens with one attached hydrogen (secondary N) is 1. The first-order valence-electron chi connectivity index (χ1n) is 11.0. The molecule has 7 heteroatoms. The first kappa shape index (κ1) is 20.0. The number of benzene rings is 2. The van der Waals surface area contributed by atoms with Crippen LogP contribution in [0.1, 0.15) is 12.5 Å². The van der Waals surface area contributed by atoms with Gasteiger partial charge in [-0.05, 0) is 42.8 Å². The molecule has 0 atom stereocenters. The lowest BCUT2D eigenvalue weighted by molar-refractivity contribution is -0.115. The van der Waals surface area contributed by atoms with Crippen molar-refractivity contribution in [2.75, 3.05) is 56.2 Å². The van der Waals surface area contributed by atoms with E-state index >= 15 is 0 Å². The largest absolute Gasteiger partial charge is 0.380 e. The first-order valence-corrected chi connectivity index (χ1v) is 11.0. The lowest BCUT2D eigenvalue weighted by Gasteiger charge is -2.44. The highest BCUT2D eigenvalue weighted by atomic mass is 16.5. The minimum Gasteiger partial charge on any atom is -0.380 e. The van der Waals surface area contributed by atoms with Crippen LogP contribution in [-0.2, 0) is 4.74 Å². The van der Waals surface area contributed by atoms with Crippen LogP contribution in [0.15, 0.2) is 54.9 Å². The zero-order chi connectivity index (χ0) is 21.3. The molecule has 0 radical (unpaired) electrons. The van der Waals surface area contributed by atoms with E-state index in [0.29, 0.717) is 11.4 Å². The molecule has 2 aliphatic rings. The Balaban J connectivity index is 1.24. The van der Waals surface area contributed by atoms with Crippen LogP contribution in [0, 0.1) is 12.3 Å². The summed E-state index contributed by atoms with van der Waals surface area (Å²) in [7, 11) is 0. The fraction of sp³-hybridized carbons (Fsp3) is 0.417. The summed E-state index contributed by atoms with van der Waals surface area (Å²) in [6, 6.07) is 16.6. The minimum atomic E-state index is 0.346. The molecule has 0 unspecified atom stereocenters. The van der Waals surface area contributed by atoms with Crippen molar-refractivity contribution in [3.63, 3.8) is 0 Å². The molecular weight excluding hydrogens is 388 g/mol. The molecule has 2 fully saturated rings. The average molecular weight is 419 g/mol. The van der Waals surface area contributed by atoms with Gasteiger partial charge in [-0.1, -0.05) is 25.1 Å². The molecule has 2 aromatic carbocycles. The van der Waals surface area contributed by atoms with Crippen molar-refractivity contribution in [2.45, 2.75) is 13.8 Å². The molecule has 1 N–H and O–H groups in total. The number of piperazine rings is 1. The average Bonchev–Trinajstić information content (AvgIpc) is 3.22. The van der Waals surface area contributed by atoms with Crippen LogP contribution in [0.3, 0.4) is 0 Å². The zero-order valence-electron chi connectivity index (χ0n) is 18.3. The van der Waals surface area contributed by atoms with E-state index in [2.05, 4.69) is 57.2 Å². The van der Waals surface area contributed by atoms with Gasteiger partial charge in [0.1, 0.15) is 6.33 Å². The van der Waals surface area contributed by atoms with Gasteiger partial charge < -0.3 is 15.0 Å². The van der Waals surface area contributed by atoms with Crippen molar-refractivity contribution in [1.82, 2.24) is 19.7 Å². The standard InChI is InChI=1S/C24H30N6O/c1-19-12-20(26-23-25-18-30(27-23)21-6-4-3-5-7-21)14-22(13-19)29-10-8-28(9-11-29)15-24(2)16-31-17-24/h3-7,12-14,18H,8-11,15-17H2,1-2H3,(H,26,27). The number of rotatable bonds is 6. The number of hydrogen-bond acceptors (Lipinski definition) is 6. The van der Waals surface area contributed by atoms with Crippen LogP contribution < -0.4 is 10.2 Å². The number of ether oxygens (including phenoxy) is 1. The molecule has 7 nitrogen and oxygen atoms in total. The Hall–Kier alpha value is -2.90. The van der Waals surface area contributed by atoms with Gasteiger partial charge in [-0.15, -0.1) is 5.10 Å². The molecule has 162 valence electrons. The van der Waals surface area contributed by atoms with E-state index in [-0.39, 0.29) is 0 Å². The van der Waals surface area contributed by atoms with Gasteiger partial charge in [0.05, 0.1) is 18.9 Å². The third-order valence-electron chi connectivity index (χ3n) is 6.07. The molecule has 5 rings (SSSR count). The second-order valence-corrected chi connectivity index (χ2v) is 9.10. The van der Waals surface area contributed by atoms with E-state index < -0.39 is 0 Å². The van der Waals surface area contributed by atoms with E-state index in [4.69, 9.17) is 4.74 Å². The van der Waals surface area contributed by atoms with Crippen molar-refractivity contribution < 1.29 is 4.74 Å². The molecule has 0 aliphatic carbocycles. The number of anilines is 3. The molecule has 3 heterocycles. The van der Waals surface area contributed by atoms with E-state index in [1.807, 2.05) is 30.3 Å². The van der Waals surface area contributed by atoms with Gasteiger partial charge in [0, 0.05) is 49.5 Å². The molecule has 1 aromatic heterocycles. The smallest absolute Gasteiger partial charge is 0.246 e. The molecule has 3 aromatic rings. The fourth-order valence-corrected chi connectivity index (χ4v) is 4.42. The maximum atomic E-state index is 5.42. The number of para-hydroxylation sites is 1. The van der Waals surface area contributed by atoms with Gasteiger partial charge in [0.25, 0.3) is 0 Å². The Bertz CT molecular complexity index is 1020. The molecule has 2 saturated heterocycles. The van der Waals surface area contributed by atoms with Gasteiger partial charge in [0.2, 0.25) is 5.95 Å². The van der Waals surface area contributed by atoms with E-state index in [0.717, 1.165) is 57.3 Å². The predicted molar refractivity (Wildman–Crippen MR) is 123 cm³/mol. The van der Waals surface area contributed by atoms with E-state index in [1.54, 1.807) is 11.0 Å². The number of aromatic nitrogens is 3. The second-order valence-electron chi connectivity index (χ2n) is 9.10. The van der Waals surface area contributed by atoms with Crippen LogP contribution in [0.25, 0.3) is 5.69 Å². The van der Waals surface area contributed by atoms with Crippen molar-refractivity contribution >= 4 is 17.3 Å². The van der Waals surface area contributed by atoms with Gasteiger partial charge in [-0.2, -0.15) is 4.98 Å². The summed E-state index contributed by atoms with van der Waals surface area (Å²) in [5.41, 5.74) is 4.83. The summed E-state index contributed by atoms with van der Waals surface area (Å²) < 4.78 is 7.20. The van der Waals surface area contributed by atoms with Gasteiger partial charge in [0.15, 0.2) is 0 Å². The SMILES string of the molecule is Cc1cc(Nc2ncn(-c3ccccc3)n2)cc(N2CCN(CC3(C)COC3)CC2)c1. The third-order valence-corrected chi connectivity index (χ3v) is 6.07. The van der Waals surface area contributed by atoms with Gasteiger partial charge in [-0.3, -0.25) is 4.90 Å². The second kappa shape index (κ2) is 8.32. The third kappa shape index (κ3) is 4.57. The summed E-state index contributed by atoms with van der Waals surface area (Å²) in [5, 5.41) is 7.94. The highest BCUT2D eigenvalue weighted by Gasteiger charge is 2.35. The Labute approximate surface area is 183 Å². The van der Waals surface area contributed by atoms with Crippen molar-refractivity contribution in [2.24, 2.45) is 5.41 Å². The summed E-state index contributed by atoms with van der Waals surface area (Å²) in [4.78, 5) is 9.48. The van der Waals surface area contributed by atoms with Crippen molar-refractivity contribution in [3.8, 4) is 5.69 Å². The molecular formula is C24H30N6O. The maximum absolute atomic E-state index is 5.42. The lowest BCUT2D eigenvalue weighted by atomic mass is 9.88. The number of hydrogen-bond donors (Lipinski definition) is 1. The quantitative estimate of drug-likeness (QED) is 0.661. The molecule has 0 amide bonds. The van der Waals surface area contributed by atoms with Gasteiger partial charge in [-0.25, -0.2) is 4.68 Å². The summed E-state index contributed by atoms with van der Waals surface area (Å²) in [6.07, 6.45) is 1.74. The molecule has 0 bridgehead atoms. The Kier molecular flexibility index (Phi) is 5.38. The highest BCUT2D eigenvalue weighted by Crippen LogP contribution is 2.29. The number of aryl methyl sites for hydroxylation is 1. The molecule has 2 aliphatic heterocycles. The normalized spacial score (nSPS) is 18.6. The highest BCUT2D eigenvalue weighted by molar-refractivity contribution is 5.64. The Morgan fingerprint density at radius 2 is 1.77 bits per heavy atom. The molecule has 31 heavy (non-hydrogen) atoms. The summed E-state index contributed by atoms with van der Waals surface area (Å²) in [5.74, 6) is 0.598. The fourth-order valence-electron chi connectivity index (χ4n) is 4.42. The van der Waals surface area contributed by atoms with E-state index in [1.165, 1.54) is 11.3 Å². The van der Waals surface area contributed by atoms with E-state index in [9.17, 15) is 0 Å². The minimum absolute atomic E-state index is 0.346. The lowest BCUT2D eigenvalue weighted by Crippen LogP contribution is -2.54. The summed E-state index contributed by atoms with van der Waals surface area (Å²) in [6.45, 7) is 11.7. The van der Waals surface area contributed by atoms with Crippen molar-refractivity contribution in [1.29, 1.82) is 0 Å². The summed E-state index contributed by atoms with van der Waals surface area (Å²) >= 11 is 0. The Morgan fingerprint density at radius 1 is 1.00 bits per heavy atom. The Morgan fingerprint density at radius 3 is 2.48 bits per heavy atom. The molecule has 0 saturated carbocycles. The monoisotopic (exact) mass is 418 g/mol. The topological polar surface area (TPSA) is 58.5 Å². The van der Waals surface area contributed by atoms with Crippen LogP contribution in [-0.4, -0.2) is 65.6 Å². The predicted octanol–water partition coefficient (Wildman–Crippen LogP) is 3.48. The van der Waals surface area contributed by atoms with Crippen LogP contribution in [0.5, 0.6) is 0 Å². The zero-order valence-corrected chi connectivity index (χ0v) is 18.3.